The maximum atomic E-state index is 12.7. The number of carbonyl (C=O) groups excluding carboxylic acids is 3. The van der Waals surface area contributed by atoms with Gasteiger partial charge >= 0.3 is 11.9 Å². The summed E-state index contributed by atoms with van der Waals surface area (Å²) in [5.74, 6) is -1.80. The average molecular weight is 876 g/mol. The first kappa shape index (κ1) is 59.0. The smallest absolute Gasteiger partial charge is 0.306 e. The summed E-state index contributed by atoms with van der Waals surface area (Å²) in [4.78, 5) is 37.0. The Hall–Kier alpha value is -4.01. The molecule has 0 N–H and O–H groups in total. The van der Waals surface area contributed by atoms with Crippen LogP contribution >= 0.6 is 0 Å². The molecule has 0 bridgehead atoms. The van der Waals surface area contributed by atoms with Gasteiger partial charge in [0.05, 0.1) is 40.3 Å². The molecule has 0 radical (unpaired) electrons. The van der Waals surface area contributed by atoms with Crippen molar-refractivity contribution in [1.82, 2.24) is 0 Å². The van der Waals surface area contributed by atoms with Gasteiger partial charge in [0.2, 0.25) is 0 Å². The van der Waals surface area contributed by atoms with Gasteiger partial charge < -0.3 is 28.6 Å². The van der Waals surface area contributed by atoms with Gasteiger partial charge in [-0.1, -0.05) is 162 Å². The molecule has 0 fully saturated rings. The minimum absolute atomic E-state index is 0.0167. The molecule has 0 spiro atoms. The van der Waals surface area contributed by atoms with E-state index in [-0.39, 0.29) is 49.1 Å². The van der Waals surface area contributed by atoms with Crippen molar-refractivity contribution >= 4 is 17.9 Å². The number of likely N-dealkylation sites (N-methyl/N-ethyl adjacent to an activating group) is 1. The SMILES string of the molecule is CC/C=C/C/C=C/C/C=C/C/C=C/C/C=C/CCCCCCCCCC(=O)OCC(COCCC(C(=O)[O-])[N+](C)(C)C)OC(=O)CCCCC/C=C/C/C=C/C/C=C/C/C=C/CC. The van der Waals surface area contributed by atoms with E-state index < -0.39 is 18.1 Å². The van der Waals surface area contributed by atoms with Gasteiger partial charge in [0.1, 0.15) is 12.6 Å². The minimum atomic E-state index is -1.14. The molecule has 0 aliphatic rings. The molecule has 0 aromatic rings. The van der Waals surface area contributed by atoms with Crippen LogP contribution in [-0.2, 0) is 28.6 Å². The maximum absolute atomic E-state index is 12.7. The lowest BCUT2D eigenvalue weighted by Crippen LogP contribution is -2.55. The van der Waals surface area contributed by atoms with E-state index >= 15 is 0 Å². The summed E-state index contributed by atoms with van der Waals surface area (Å²) in [5, 5.41) is 11.7. The number of quaternary nitrogens is 1. The van der Waals surface area contributed by atoms with Gasteiger partial charge in [-0.3, -0.25) is 9.59 Å². The Morgan fingerprint density at radius 2 is 0.841 bits per heavy atom. The summed E-state index contributed by atoms with van der Waals surface area (Å²) in [6, 6.07) is -0.741. The molecule has 0 saturated heterocycles. The van der Waals surface area contributed by atoms with Crippen LogP contribution in [0, 0.1) is 0 Å². The Labute approximate surface area is 385 Å². The summed E-state index contributed by atoms with van der Waals surface area (Å²) >= 11 is 0. The van der Waals surface area contributed by atoms with Crippen molar-refractivity contribution < 1.29 is 38.2 Å². The van der Waals surface area contributed by atoms with E-state index in [0.29, 0.717) is 12.8 Å². The third-order valence-corrected chi connectivity index (χ3v) is 10.2. The summed E-state index contributed by atoms with van der Waals surface area (Å²) < 4.78 is 17.2. The molecule has 356 valence electrons. The topological polar surface area (TPSA) is 102 Å². The molecule has 0 amide bonds. The van der Waals surface area contributed by atoms with Gasteiger partial charge in [-0.15, -0.1) is 0 Å². The van der Waals surface area contributed by atoms with Crippen LogP contribution in [0.25, 0.3) is 0 Å². The zero-order valence-electron chi connectivity index (χ0n) is 40.4. The van der Waals surface area contributed by atoms with Crippen molar-refractivity contribution in [2.24, 2.45) is 0 Å². The summed E-state index contributed by atoms with van der Waals surface area (Å²) in [6.07, 6.45) is 61.2. The van der Waals surface area contributed by atoms with Crippen LogP contribution in [0.1, 0.15) is 168 Å². The summed E-state index contributed by atoms with van der Waals surface area (Å²) in [6.45, 7) is 4.37. The monoisotopic (exact) mass is 876 g/mol. The Morgan fingerprint density at radius 1 is 0.476 bits per heavy atom. The molecule has 2 unspecified atom stereocenters. The lowest BCUT2D eigenvalue weighted by atomic mass is 10.1. The molecule has 0 saturated carbocycles. The highest BCUT2D eigenvalue weighted by molar-refractivity contribution is 5.70. The number of hydrogen-bond acceptors (Lipinski definition) is 7. The van der Waals surface area contributed by atoms with Crippen LogP contribution in [0.2, 0.25) is 0 Å². The van der Waals surface area contributed by atoms with Crippen molar-refractivity contribution in [1.29, 1.82) is 0 Å². The minimum Gasteiger partial charge on any atom is -0.544 e. The third kappa shape index (κ3) is 43.0. The number of rotatable bonds is 42. The highest BCUT2D eigenvalue weighted by atomic mass is 16.6. The molecule has 0 aromatic carbocycles. The van der Waals surface area contributed by atoms with Crippen molar-refractivity contribution in [2.45, 2.75) is 180 Å². The second-order valence-corrected chi connectivity index (χ2v) is 16.9. The van der Waals surface area contributed by atoms with E-state index in [1.54, 1.807) is 21.1 Å². The number of hydrogen-bond donors (Lipinski definition) is 0. The number of aliphatic carboxylic acids is 1. The molecule has 63 heavy (non-hydrogen) atoms. The highest BCUT2D eigenvalue weighted by Crippen LogP contribution is 2.13. The molecule has 0 heterocycles. The molecule has 2 atom stereocenters. The normalized spacial score (nSPS) is 13.9. The first-order chi connectivity index (χ1) is 30.6. The highest BCUT2D eigenvalue weighted by Gasteiger charge is 2.25. The van der Waals surface area contributed by atoms with Crippen molar-refractivity contribution in [3.05, 3.63) is 109 Å². The van der Waals surface area contributed by atoms with Gasteiger partial charge in [0.25, 0.3) is 0 Å². The Bertz CT molecular complexity index is 1390. The Morgan fingerprint density at radius 3 is 1.25 bits per heavy atom. The van der Waals surface area contributed by atoms with E-state index in [1.807, 2.05) is 0 Å². The fourth-order valence-electron chi connectivity index (χ4n) is 6.44. The largest absolute Gasteiger partial charge is 0.544 e. The first-order valence-electron chi connectivity index (χ1n) is 24.4. The lowest BCUT2D eigenvalue weighted by Gasteiger charge is -2.34. The standard InChI is InChI=1S/C55H89NO7/c1-6-8-10-12-14-16-18-20-22-24-25-26-27-28-29-30-32-33-35-37-39-41-43-45-53(57)62-50-51(49-61-48-47-52(55(59)60)56(3,4)5)63-54(58)46-44-42-40-38-36-34-31-23-21-19-17-15-13-11-9-7-2/h8-11,14-17,20-23,25-26,28-29,34,36,51-52H,6-7,12-13,18-19,24,27,30-33,35,37-50H2,1-5H3/b10-8+,11-9+,16-14+,17-15+,22-20+,23-21+,26-25+,29-28+,36-34+. The molecule has 8 nitrogen and oxygen atoms in total. The summed E-state index contributed by atoms with van der Waals surface area (Å²) in [7, 11) is 5.38. The number of esters is 2. The van der Waals surface area contributed by atoms with Crippen LogP contribution in [0.3, 0.4) is 0 Å². The fourth-order valence-corrected chi connectivity index (χ4v) is 6.44. The average Bonchev–Trinajstić information content (AvgIpc) is 3.24. The Balaban J connectivity index is 4.35. The van der Waals surface area contributed by atoms with Crippen molar-refractivity contribution in [2.75, 3.05) is 41.0 Å². The second kappa shape index (κ2) is 44.6. The van der Waals surface area contributed by atoms with Crippen LogP contribution in [0.4, 0.5) is 0 Å². The van der Waals surface area contributed by atoms with E-state index in [1.165, 1.54) is 19.3 Å². The zero-order valence-corrected chi connectivity index (χ0v) is 40.4. The molecule has 0 rings (SSSR count). The predicted octanol–water partition coefficient (Wildman–Crippen LogP) is 12.7. The number of carboxylic acid groups (broad SMARTS) is 1. The number of nitrogens with zero attached hydrogens (tertiary/aromatic N) is 1. The lowest BCUT2D eigenvalue weighted by molar-refractivity contribution is -0.889. The number of allylic oxidation sites excluding steroid dienone is 18. The molecule has 0 aliphatic carbocycles. The number of unbranched alkanes of at least 4 members (excludes halogenated alkanes) is 10. The van der Waals surface area contributed by atoms with Crippen LogP contribution in [-0.4, -0.2) is 75.5 Å². The number of carboxylic acids is 1. The third-order valence-electron chi connectivity index (χ3n) is 10.2. The van der Waals surface area contributed by atoms with Gasteiger partial charge in [0, 0.05) is 19.3 Å². The first-order valence-corrected chi connectivity index (χ1v) is 24.4. The zero-order chi connectivity index (χ0) is 46.3. The number of carbonyl (C=O) groups is 3. The van der Waals surface area contributed by atoms with Gasteiger partial charge in [-0.2, -0.15) is 0 Å². The summed E-state index contributed by atoms with van der Waals surface area (Å²) in [5.41, 5.74) is 0. The predicted molar refractivity (Wildman–Crippen MR) is 263 cm³/mol. The van der Waals surface area contributed by atoms with E-state index in [9.17, 15) is 19.5 Å². The van der Waals surface area contributed by atoms with E-state index in [0.717, 1.165) is 109 Å². The second-order valence-electron chi connectivity index (χ2n) is 16.9. The molecular weight excluding hydrogens is 787 g/mol. The maximum Gasteiger partial charge on any atom is 0.306 e. The quantitative estimate of drug-likeness (QED) is 0.0260. The van der Waals surface area contributed by atoms with Crippen LogP contribution < -0.4 is 5.11 Å². The number of ether oxygens (including phenoxy) is 3. The van der Waals surface area contributed by atoms with E-state index in [2.05, 4.69) is 123 Å². The molecule has 0 aliphatic heterocycles. The Kier molecular flexibility index (Phi) is 41.8. The van der Waals surface area contributed by atoms with Crippen molar-refractivity contribution in [3.63, 3.8) is 0 Å². The fraction of sp³-hybridized carbons (Fsp3) is 0.618. The van der Waals surface area contributed by atoms with Crippen LogP contribution in [0.5, 0.6) is 0 Å². The van der Waals surface area contributed by atoms with Crippen LogP contribution in [0.15, 0.2) is 109 Å². The van der Waals surface area contributed by atoms with Gasteiger partial charge in [-0.25, -0.2) is 0 Å². The molecular formula is C55H89NO7. The van der Waals surface area contributed by atoms with Gasteiger partial charge in [-0.05, 0) is 96.3 Å². The molecule has 8 heteroatoms. The van der Waals surface area contributed by atoms with E-state index in [4.69, 9.17) is 14.2 Å². The van der Waals surface area contributed by atoms with Gasteiger partial charge in [0.15, 0.2) is 6.10 Å². The van der Waals surface area contributed by atoms with Crippen molar-refractivity contribution in [3.8, 4) is 0 Å². The molecule has 0 aromatic heterocycles.